The zero-order chi connectivity index (χ0) is 16.7. The SMILES string of the molecule is COCC(C)NC(=O)NCc1ccnc(N2CCN(C)CC2)c1. The lowest BCUT2D eigenvalue weighted by atomic mass is 10.2. The molecule has 0 radical (unpaired) electrons. The van der Waals surface area contributed by atoms with Gasteiger partial charge in [-0.15, -0.1) is 0 Å². The monoisotopic (exact) mass is 321 g/mol. The number of urea groups is 1. The van der Waals surface area contributed by atoms with E-state index in [1.807, 2.05) is 19.1 Å². The molecule has 0 aromatic carbocycles. The smallest absolute Gasteiger partial charge is 0.315 e. The lowest BCUT2D eigenvalue weighted by Gasteiger charge is -2.33. The molecule has 2 amide bonds. The van der Waals surface area contributed by atoms with Gasteiger partial charge >= 0.3 is 6.03 Å². The van der Waals surface area contributed by atoms with Crippen LogP contribution in [0.4, 0.5) is 10.6 Å². The number of nitrogens with one attached hydrogen (secondary N) is 2. The number of amides is 2. The number of carbonyl (C=O) groups is 1. The Kier molecular flexibility index (Phi) is 6.61. The first-order chi connectivity index (χ1) is 11.1. The van der Waals surface area contributed by atoms with Crippen molar-refractivity contribution < 1.29 is 9.53 Å². The van der Waals surface area contributed by atoms with Gasteiger partial charge in [0, 0.05) is 46.0 Å². The summed E-state index contributed by atoms with van der Waals surface area (Å²) in [6.07, 6.45) is 1.80. The molecule has 0 saturated carbocycles. The van der Waals surface area contributed by atoms with Crippen molar-refractivity contribution in [1.82, 2.24) is 20.5 Å². The number of methoxy groups -OCH3 is 1. The average Bonchev–Trinajstić information content (AvgIpc) is 2.54. The summed E-state index contributed by atoms with van der Waals surface area (Å²) < 4.78 is 5.00. The number of aromatic nitrogens is 1. The molecular formula is C16H27N5O2. The van der Waals surface area contributed by atoms with Gasteiger partial charge in [0.2, 0.25) is 0 Å². The second-order valence-corrected chi connectivity index (χ2v) is 6.00. The molecule has 1 atom stereocenters. The van der Waals surface area contributed by atoms with Crippen molar-refractivity contribution in [2.75, 3.05) is 51.8 Å². The summed E-state index contributed by atoms with van der Waals surface area (Å²) in [6, 6.07) is 3.77. The molecule has 128 valence electrons. The molecule has 1 saturated heterocycles. The van der Waals surface area contributed by atoms with E-state index in [4.69, 9.17) is 4.74 Å². The van der Waals surface area contributed by atoms with Crippen LogP contribution in [0.15, 0.2) is 18.3 Å². The highest BCUT2D eigenvalue weighted by atomic mass is 16.5. The van der Waals surface area contributed by atoms with Gasteiger partial charge in [0.1, 0.15) is 5.82 Å². The van der Waals surface area contributed by atoms with E-state index in [2.05, 4.69) is 32.5 Å². The first kappa shape index (κ1) is 17.5. The van der Waals surface area contributed by atoms with Crippen LogP contribution in [0.25, 0.3) is 0 Å². The number of likely N-dealkylation sites (N-methyl/N-ethyl adjacent to an activating group) is 1. The van der Waals surface area contributed by atoms with Crippen molar-refractivity contribution in [2.24, 2.45) is 0 Å². The standard InChI is InChI=1S/C16H27N5O2/c1-13(12-23-3)19-16(22)18-11-14-4-5-17-15(10-14)21-8-6-20(2)7-9-21/h4-5,10,13H,6-9,11-12H2,1-3H3,(H2,18,19,22). The number of rotatable bonds is 6. The molecule has 0 aliphatic carbocycles. The van der Waals surface area contributed by atoms with E-state index in [1.165, 1.54) is 0 Å². The molecule has 0 bridgehead atoms. The van der Waals surface area contributed by atoms with Gasteiger partial charge in [0.25, 0.3) is 0 Å². The Morgan fingerprint density at radius 2 is 2.13 bits per heavy atom. The van der Waals surface area contributed by atoms with Crippen LogP contribution in [0, 0.1) is 0 Å². The molecule has 1 fully saturated rings. The lowest BCUT2D eigenvalue weighted by molar-refractivity contribution is 0.171. The van der Waals surface area contributed by atoms with Gasteiger partial charge < -0.3 is 25.2 Å². The molecule has 2 rings (SSSR count). The van der Waals surface area contributed by atoms with Gasteiger partial charge in [0.15, 0.2) is 0 Å². The summed E-state index contributed by atoms with van der Waals surface area (Å²) in [4.78, 5) is 20.9. The topological polar surface area (TPSA) is 69.7 Å². The third-order valence-electron chi connectivity index (χ3n) is 3.88. The number of anilines is 1. The summed E-state index contributed by atoms with van der Waals surface area (Å²) in [5.74, 6) is 0.977. The van der Waals surface area contributed by atoms with Crippen molar-refractivity contribution in [1.29, 1.82) is 0 Å². The zero-order valence-corrected chi connectivity index (χ0v) is 14.2. The first-order valence-corrected chi connectivity index (χ1v) is 8.00. The summed E-state index contributed by atoms with van der Waals surface area (Å²) in [7, 11) is 3.75. The van der Waals surface area contributed by atoms with Crippen LogP contribution in [-0.4, -0.2) is 68.9 Å². The summed E-state index contributed by atoms with van der Waals surface area (Å²) in [5.41, 5.74) is 1.04. The van der Waals surface area contributed by atoms with Crippen molar-refractivity contribution in [3.05, 3.63) is 23.9 Å². The van der Waals surface area contributed by atoms with Gasteiger partial charge in [0.05, 0.1) is 12.6 Å². The predicted octanol–water partition coefficient (Wildman–Crippen LogP) is 0.668. The van der Waals surface area contributed by atoms with E-state index in [0.29, 0.717) is 13.2 Å². The minimum Gasteiger partial charge on any atom is -0.383 e. The maximum atomic E-state index is 11.8. The molecule has 1 aromatic heterocycles. The average molecular weight is 321 g/mol. The molecule has 1 aromatic rings. The van der Waals surface area contributed by atoms with E-state index in [0.717, 1.165) is 37.6 Å². The van der Waals surface area contributed by atoms with Gasteiger partial charge in [-0.2, -0.15) is 0 Å². The largest absolute Gasteiger partial charge is 0.383 e. The van der Waals surface area contributed by atoms with E-state index in [-0.39, 0.29) is 12.1 Å². The normalized spacial score (nSPS) is 16.9. The van der Waals surface area contributed by atoms with Crippen LogP contribution in [0.3, 0.4) is 0 Å². The number of hydrogen-bond acceptors (Lipinski definition) is 5. The Morgan fingerprint density at radius 1 is 1.39 bits per heavy atom. The minimum atomic E-state index is -0.187. The van der Waals surface area contributed by atoms with E-state index >= 15 is 0 Å². The number of hydrogen-bond donors (Lipinski definition) is 2. The highest BCUT2D eigenvalue weighted by molar-refractivity contribution is 5.74. The Balaban J connectivity index is 1.84. The lowest BCUT2D eigenvalue weighted by Crippen LogP contribution is -2.45. The highest BCUT2D eigenvalue weighted by Crippen LogP contribution is 2.14. The fourth-order valence-electron chi connectivity index (χ4n) is 2.53. The third kappa shape index (κ3) is 5.69. The molecule has 1 aliphatic heterocycles. The second kappa shape index (κ2) is 8.69. The van der Waals surface area contributed by atoms with Gasteiger partial charge in [-0.05, 0) is 31.7 Å². The molecule has 1 aliphatic rings. The summed E-state index contributed by atoms with van der Waals surface area (Å²) in [5, 5.41) is 5.69. The number of piperazine rings is 1. The van der Waals surface area contributed by atoms with Crippen molar-refractivity contribution in [3.8, 4) is 0 Å². The number of carbonyl (C=O) groups excluding carboxylic acids is 1. The van der Waals surface area contributed by atoms with Crippen LogP contribution >= 0.6 is 0 Å². The van der Waals surface area contributed by atoms with Crippen LogP contribution in [-0.2, 0) is 11.3 Å². The summed E-state index contributed by atoms with van der Waals surface area (Å²) >= 11 is 0. The van der Waals surface area contributed by atoms with Gasteiger partial charge in [-0.3, -0.25) is 0 Å². The van der Waals surface area contributed by atoms with Crippen molar-refractivity contribution in [3.63, 3.8) is 0 Å². The second-order valence-electron chi connectivity index (χ2n) is 6.00. The minimum absolute atomic E-state index is 0.0154. The van der Waals surface area contributed by atoms with E-state index in [9.17, 15) is 4.79 Å². The van der Waals surface area contributed by atoms with Crippen molar-refractivity contribution in [2.45, 2.75) is 19.5 Å². The Bertz CT molecular complexity index is 503. The number of ether oxygens (including phenoxy) is 1. The molecule has 7 heteroatoms. The number of nitrogens with zero attached hydrogens (tertiary/aromatic N) is 3. The van der Waals surface area contributed by atoms with Gasteiger partial charge in [-0.25, -0.2) is 9.78 Å². The Morgan fingerprint density at radius 3 is 2.83 bits per heavy atom. The first-order valence-electron chi connectivity index (χ1n) is 8.00. The quantitative estimate of drug-likeness (QED) is 0.806. The van der Waals surface area contributed by atoms with Gasteiger partial charge in [-0.1, -0.05) is 0 Å². The molecule has 1 unspecified atom stereocenters. The predicted molar refractivity (Wildman–Crippen MR) is 90.7 cm³/mol. The highest BCUT2D eigenvalue weighted by Gasteiger charge is 2.15. The Labute approximate surface area is 138 Å². The van der Waals surface area contributed by atoms with Crippen LogP contribution in [0.5, 0.6) is 0 Å². The number of pyridine rings is 1. The van der Waals surface area contributed by atoms with Crippen molar-refractivity contribution >= 4 is 11.8 Å². The maximum absolute atomic E-state index is 11.8. The fourth-order valence-corrected chi connectivity index (χ4v) is 2.53. The van der Waals surface area contributed by atoms with Crippen LogP contribution < -0.4 is 15.5 Å². The van der Waals surface area contributed by atoms with Crippen LogP contribution in [0.2, 0.25) is 0 Å². The van der Waals surface area contributed by atoms with E-state index in [1.54, 1.807) is 13.3 Å². The molecule has 2 heterocycles. The Hall–Kier alpha value is -1.86. The molecular weight excluding hydrogens is 294 g/mol. The molecule has 23 heavy (non-hydrogen) atoms. The third-order valence-corrected chi connectivity index (χ3v) is 3.88. The maximum Gasteiger partial charge on any atom is 0.315 e. The van der Waals surface area contributed by atoms with E-state index < -0.39 is 0 Å². The molecule has 2 N–H and O–H groups in total. The van der Waals surface area contributed by atoms with Crippen LogP contribution in [0.1, 0.15) is 12.5 Å². The zero-order valence-electron chi connectivity index (χ0n) is 14.2. The fraction of sp³-hybridized carbons (Fsp3) is 0.625. The summed E-state index contributed by atoms with van der Waals surface area (Å²) in [6.45, 7) is 6.94. The molecule has 0 spiro atoms. The molecule has 7 nitrogen and oxygen atoms in total.